The maximum atomic E-state index is 14.0. The number of hydrogen-bond acceptors (Lipinski definition) is 3. The zero-order valence-electron chi connectivity index (χ0n) is 23.2. The van der Waals surface area contributed by atoms with E-state index >= 15 is 0 Å². The molecule has 3 aromatic carbocycles. The lowest BCUT2D eigenvalue weighted by Crippen LogP contribution is -2.50. The number of rotatable bonds is 12. The number of benzene rings is 3. The van der Waals surface area contributed by atoms with Crippen molar-refractivity contribution in [3.05, 3.63) is 107 Å². The van der Waals surface area contributed by atoms with E-state index in [-0.39, 0.29) is 24.4 Å². The average molecular weight is 556 g/mol. The first kappa shape index (κ1) is 28.5. The molecule has 7 heteroatoms. The number of aliphatic hydroxyl groups is 1. The lowest BCUT2D eigenvalue weighted by atomic mass is 9.98. The third-order valence-electron chi connectivity index (χ3n) is 7.93. The van der Waals surface area contributed by atoms with Crippen LogP contribution in [0.5, 0.6) is 0 Å². The van der Waals surface area contributed by atoms with Crippen LogP contribution in [0.2, 0.25) is 0 Å². The summed E-state index contributed by atoms with van der Waals surface area (Å²) in [6, 6.07) is 17.7. The molecule has 4 aromatic rings. The molecule has 5 rings (SSSR count). The summed E-state index contributed by atoms with van der Waals surface area (Å²) in [5.41, 5.74) is 3.29. The van der Waals surface area contributed by atoms with Gasteiger partial charge in [-0.3, -0.25) is 4.79 Å². The van der Waals surface area contributed by atoms with Gasteiger partial charge in [-0.25, -0.2) is 8.78 Å². The lowest BCUT2D eigenvalue weighted by molar-refractivity contribution is 0.0822. The maximum absolute atomic E-state index is 14.0. The number of unbranched alkanes of at least 4 members (excludes halogenated alkanes) is 1. The summed E-state index contributed by atoms with van der Waals surface area (Å²) in [6.07, 6.45) is 10.5. The minimum Gasteiger partial charge on any atom is -0.390 e. The Bertz CT molecular complexity index is 1560. The van der Waals surface area contributed by atoms with Gasteiger partial charge in [-0.05, 0) is 84.7 Å². The van der Waals surface area contributed by atoms with E-state index in [4.69, 9.17) is 6.42 Å². The first-order chi connectivity index (χ1) is 19.8. The quantitative estimate of drug-likeness (QED) is 0.197. The number of aromatic nitrogens is 1. The average Bonchev–Trinajstić information content (AvgIpc) is 3.66. The Morgan fingerprint density at radius 2 is 1.88 bits per heavy atom. The number of carbonyl (C=O) groups is 1. The molecular weight excluding hydrogens is 520 g/mol. The van der Waals surface area contributed by atoms with Gasteiger partial charge >= 0.3 is 0 Å². The van der Waals surface area contributed by atoms with E-state index in [0.29, 0.717) is 11.1 Å². The lowest BCUT2D eigenvalue weighted by Gasteiger charge is -2.27. The number of carbonyl (C=O) groups excluding carboxylic acids is 1. The van der Waals surface area contributed by atoms with Crippen LogP contribution in [0.3, 0.4) is 0 Å². The largest absolute Gasteiger partial charge is 0.390 e. The number of nitrogens with zero attached hydrogens (tertiary/aromatic N) is 1. The van der Waals surface area contributed by atoms with E-state index in [1.807, 2.05) is 48.7 Å². The SMILES string of the molecule is C#Cc1cccc(C2(NC[C@@H](O)[C@H](Cc3cc(F)cc(F)c3)NC(=O)c3ccc4ccn(CCCC)c4c3)CC2)c1. The van der Waals surface area contributed by atoms with Crippen molar-refractivity contribution in [2.45, 2.75) is 63.3 Å². The second kappa shape index (κ2) is 12.3. The Kier molecular flexibility index (Phi) is 8.53. The van der Waals surface area contributed by atoms with Gasteiger partial charge in [0.15, 0.2) is 0 Å². The van der Waals surface area contributed by atoms with E-state index in [0.717, 1.165) is 60.3 Å². The normalized spacial score (nSPS) is 15.3. The van der Waals surface area contributed by atoms with Gasteiger partial charge in [0, 0.05) is 47.5 Å². The number of nitrogens with one attached hydrogen (secondary N) is 2. The fraction of sp³-hybridized carbons (Fsp3) is 0.324. The third kappa shape index (κ3) is 6.67. The van der Waals surface area contributed by atoms with Crippen molar-refractivity contribution in [2.75, 3.05) is 6.54 Å². The molecule has 3 N–H and O–H groups in total. The highest BCUT2D eigenvalue weighted by Gasteiger charge is 2.44. The van der Waals surface area contributed by atoms with Crippen LogP contribution in [-0.2, 0) is 18.5 Å². The number of terminal acetylenes is 1. The molecule has 1 aromatic heterocycles. The Balaban J connectivity index is 1.35. The Labute approximate surface area is 239 Å². The highest BCUT2D eigenvalue weighted by Crippen LogP contribution is 2.45. The standard InChI is InChI=1S/C34H35F2N3O2/c1-3-5-14-39-15-11-25-9-10-26(20-31(25)39)33(41)38-30(19-24-17-28(35)21-29(36)18-24)32(40)22-37-34(12-13-34)27-8-6-7-23(4-2)16-27/h2,6-11,15-18,20-21,30,32,37,40H,3,5,12-14,19,22H2,1H3,(H,38,41)/t30-,32+/m0/s1. The molecule has 1 aliphatic carbocycles. The molecule has 0 radical (unpaired) electrons. The summed E-state index contributed by atoms with van der Waals surface area (Å²) < 4.78 is 30.1. The summed E-state index contributed by atoms with van der Waals surface area (Å²) in [4.78, 5) is 13.5. The zero-order chi connectivity index (χ0) is 29.0. The Morgan fingerprint density at radius 3 is 2.59 bits per heavy atom. The van der Waals surface area contributed by atoms with E-state index in [9.17, 15) is 18.7 Å². The van der Waals surface area contributed by atoms with Crippen molar-refractivity contribution in [1.82, 2.24) is 15.2 Å². The maximum Gasteiger partial charge on any atom is 0.251 e. The molecule has 0 unspecified atom stereocenters. The van der Waals surface area contributed by atoms with Crippen LogP contribution in [-0.4, -0.2) is 34.3 Å². The van der Waals surface area contributed by atoms with Crippen LogP contribution < -0.4 is 10.6 Å². The molecule has 0 aliphatic heterocycles. The minimum absolute atomic E-state index is 0.0535. The van der Waals surface area contributed by atoms with Crippen LogP contribution in [0, 0.1) is 24.0 Å². The van der Waals surface area contributed by atoms with Crippen LogP contribution in [0.4, 0.5) is 8.78 Å². The molecule has 41 heavy (non-hydrogen) atoms. The summed E-state index contributed by atoms with van der Waals surface area (Å²) in [7, 11) is 0. The molecule has 1 heterocycles. The summed E-state index contributed by atoms with van der Waals surface area (Å²) in [6.45, 7) is 3.16. The number of halogens is 2. The molecule has 0 spiro atoms. The van der Waals surface area contributed by atoms with Gasteiger partial charge in [0.1, 0.15) is 11.6 Å². The number of aryl methyl sites for hydroxylation is 1. The first-order valence-corrected chi connectivity index (χ1v) is 14.2. The number of aliphatic hydroxyl groups excluding tert-OH is 1. The molecular formula is C34H35F2N3O2. The molecule has 212 valence electrons. The Hall–Kier alpha value is -3.99. The van der Waals surface area contributed by atoms with Gasteiger partial charge < -0.3 is 20.3 Å². The van der Waals surface area contributed by atoms with E-state index < -0.39 is 23.8 Å². The van der Waals surface area contributed by atoms with Crippen molar-refractivity contribution in [3.8, 4) is 12.3 Å². The predicted molar refractivity (Wildman–Crippen MR) is 157 cm³/mol. The van der Waals surface area contributed by atoms with Crippen LogP contribution in [0.15, 0.2) is 72.9 Å². The zero-order valence-corrected chi connectivity index (χ0v) is 23.2. The summed E-state index contributed by atoms with van der Waals surface area (Å²) >= 11 is 0. The van der Waals surface area contributed by atoms with Crippen molar-refractivity contribution in [1.29, 1.82) is 0 Å². The summed E-state index contributed by atoms with van der Waals surface area (Å²) in [5, 5.41) is 18.8. The molecule has 1 aliphatic rings. The molecule has 0 saturated heterocycles. The van der Waals surface area contributed by atoms with Crippen molar-refractivity contribution >= 4 is 16.8 Å². The van der Waals surface area contributed by atoms with Gasteiger partial charge in [-0.15, -0.1) is 6.42 Å². The number of amides is 1. The van der Waals surface area contributed by atoms with Crippen molar-refractivity contribution in [2.24, 2.45) is 0 Å². The smallest absolute Gasteiger partial charge is 0.251 e. The van der Waals surface area contributed by atoms with Crippen LogP contribution in [0.1, 0.15) is 59.7 Å². The minimum atomic E-state index is -1.03. The molecule has 1 amide bonds. The van der Waals surface area contributed by atoms with Crippen LogP contribution in [0.25, 0.3) is 10.9 Å². The third-order valence-corrected chi connectivity index (χ3v) is 7.93. The van der Waals surface area contributed by atoms with Gasteiger partial charge in [0.25, 0.3) is 5.91 Å². The number of hydrogen-bond donors (Lipinski definition) is 3. The highest BCUT2D eigenvalue weighted by atomic mass is 19.1. The molecule has 2 atom stereocenters. The fourth-order valence-corrected chi connectivity index (χ4v) is 5.41. The van der Waals surface area contributed by atoms with Gasteiger partial charge in [0.2, 0.25) is 0 Å². The first-order valence-electron chi connectivity index (χ1n) is 14.2. The summed E-state index contributed by atoms with van der Waals surface area (Å²) in [5.74, 6) is 0.883. The monoisotopic (exact) mass is 555 g/mol. The van der Waals surface area contributed by atoms with Gasteiger partial charge in [-0.1, -0.05) is 37.5 Å². The number of fused-ring (bicyclic) bond motifs is 1. The van der Waals surface area contributed by atoms with E-state index in [1.54, 1.807) is 6.07 Å². The molecule has 1 saturated carbocycles. The van der Waals surface area contributed by atoms with Gasteiger partial charge in [0.05, 0.1) is 12.1 Å². The second-order valence-electron chi connectivity index (χ2n) is 11.0. The Morgan fingerprint density at radius 1 is 1.10 bits per heavy atom. The topological polar surface area (TPSA) is 66.3 Å². The van der Waals surface area contributed by atoms with Crippen LogP contribution >= 0.6 is 0 Å². The molecule has 5 nitrogen and oxygen atoms in total. The van der Waals surface area contributed by atoms with Gasteiger partial charge in [-0.2, -0.15) is 0 Å². The fourth-order valence-electron chi connectivity index (χ4n) is 5.41. The van der Waals surface area contributed by atoms with Crippen molar-refractivity contribution < 1.29 is 18.7 Å². The highest BCUT2D eigenvalue weighted by molar-refractivity contribution is 5.98. The second-order valence-corrected chi connectivity index (χ2v) is 11.0. The molecule has 0 bridgehead atoms. The predicted octanol–water partition coefficient (Wildman–Crippen LogP) is 5.68. The van der Waals surface area contributed by atoms with E-state index in [1.165, 1.54) is 12.1 Å². The van der Waals surface area contributed by atoms with Crippen molar-refractivity contribution in [3.63, 3.8) is 0 Å². The molecule has 1 fully saturated rings. The van der Waals surface area contributed by atoms with E-state index in [2.05, 4.69) is 28.0 Å².